The van der Waals surface area contributed by atoms with E-state index < -0.39 is 10.1 Å². The summed E-state index contributed by atoms with van der Waals surface area (Å²) in [4.78, 5) is 8.35. The zero-order valence-electron chi connectivity index (χ0n) is 10.3. The topological polar surface area (TPSA) is 96.9 Å². The summed E-state index contributed by atoms with van der Waals surface area (Å²) in [5, 5.41) is 4.05. The SMILES string of the molecule is Cc1cnc(-c2cc[n+](CCS(=O)(=O)O)nc2)cn1. The van der Waals surface area contributed by atoms with E-state index in [9.17, 15) is 8.42 Å². The van der Waals surface area contributed by atoms with Crippen LogP contribution in [0.15, 0.2) is 30.9 Å². The van der Waals surface area contributed by atoms with Gasteiger partial charge in [0.05, 0.1) is 17.6 Å². The first-order valence-electron chi connectivity index (χ1n) is 5.54. The van der Waals surface area contributed by atoms with Crippen molar-refractivity contribution in [2.75, 3.05) is 5.75 Å². The molecule has 0 aromatic carbocycles. The lowest BCUT2D eigenvalue weighted by molar-refractivity contribution is -0.750. The van der Waals surface area contributed by atoms with Crippen LogP contribution in [0.4, 0.5) is 0 Å². The molecule has 0 radical (unpaired) electrons. The fourth-order valence-electron chi connectivity index (χ4n) is 1.42. The van der Waals surface area contributed by atoms with Gasteiger partial charge < -0.3 is 0 Å². The maximum Gasteiger partial charge on any atom is 0.271 e. The van der Waals surface area contributed by atoms with Gasteiger partial charge in [-0.3, -0.25) is 14.5 Å². The quantitative estimate of drug-likeness (QED) is 0.627. The highest BCUT2D eigenvalue weighted by Crippen LogP contribution is 2.12. The van der Waals surface area contributed by atoms with Crippen LogP contribution in [0.25, 0.3) is 11.3 Å². The zero-order chi connectivity index (χ0) is 13.9. The van der Waals surface area contributed by atoms with Gasteiger partial charge in [0.2, 0.25) is 0 Å². The summed E-state index contributed by atoms with van der Waals surface area (Å²) >= 11 is 0. The van der Waals surface area contributed by atoms with E-state index in [0.717, 1.165) is 11.3 Å². The highest BCUT2D eigenvalue weighted by atomic mass is 32.2. The Morgan fingerprint density at radius 1 is 1.26 bits per heavy atom. The van der Waals surface area contributed by atoms with E-state index in [1.54, 1.807) is 30.9 Å². The summed E-state index contributed by atoms with van der Waals surface area (Å²) in [6.45, 7) is 1.95. The first kappa shape index (κ1) is 13.5. The molecule has 0 saturated heterocycles. The number of aryl methyl sites for hydroxylation is 2. The van der Waals surface area contributed by atoms with Crippen LogP contribution in [0.1, 0.15) is 5.69 Å². The fraction of sp³-hybridized carbons (Fsp3) is 0.273. The van der Waals surface area contributed by atoms with Crippen molar-refractivity contribution in [3.8, 4) is 11.3 Å². The van der Waals surface area contributed by atoms with Crippen LogP contribution in [0.5, 0.6) is 0 Å². The average Bonchev–Trinajstić information content (AvgIpc) is 2.37. The standard InChI is InChI=1S/C11H12N4O3S/c1-9-6-13-11(8-12-9)10-2-3-15(14-7-10)4-5-19(16,17)18/h2-3,6-8H,4-5H2,1H3/p+1. The molecule has 0 bridgehead atoms. The van der Waals surface area contributed by atoms with Gasteiger partial charge in [-0.25, -0.2) is 0 Å². The number of hydrogen-bond acceptors (Lipinski definition) is 5. The number of hydrogen-bond donors (Lipinski definition) is 1. The first-order chi connectivity index (χ1) is 8.94. The van der Waals surface area contributed by atoms with Gasteiger partial charge in [0.25, 0.3) is 10.1 Å². The highest BCUT2D eigenvalue weighted by Gasteiger charge is 2.11. The number of nitrogens with zero attached hydrogens (tertiary/aromatic N) is 4. The van der Waals surface area contributed by atoms with Crippen LogP contribution in [0, 0.1) is 6.92 Å². The Morgan fingerprint density at radius 3 is 2.58 bits per heavy atom. The van der Waals surface area contributed by atoms with E-state index >= 15 is 0 Å². The molecule has 0 aliphatic heterocycles. The van der Waals surface area contributed by atoms with E-state index in [-0.39, 0.29) is 12.3 Å². The minimum atomic E-state index is -3.97. The van der Waals surface area contributed by atoms with Crippen molar-refractivity contribution in [3.05, 3.63) is 36.5 Å². The summed E-state index contributed by atoms with van der Waals surface area (Å²) in [5.41, 5.74) is 2.31. The zero-order valence-corrected chi connectivity index (χ0v) is 11.1. The molecule has 2 heterocycles. The molecule has 2 aromatic rings. The Balaban J connectivity index is 2.12. The van der Waals surface area contributed by atoms with Crippen molar-refractivity contribution in [3.63, 3.8) is 0 Å². The van der Waals surface area contributed by atoms with Crippen molar-refractivity contribution in [1.82, 2.24) is 15.1 Å². The molecule has 0 atom stereocenters. The Labute approximate surface area is 110 Å². The monoisotopic (exact) mass is 281 g/mol. The van der Waals surface area contributed by atoms with Gasteiger partial charge >= 0.3 is 0 Å². The van der Waals surface area contributed by atoms with Crippen LogP contribution in [-0.4, -0.2) is 33.8 Å². The van der Waals surface area contributed by atoms with E-state index in [1.165, 1.54) is 4.68 Å². The Morgan fingerprint density at radius 2 is 2.05 bits per heavy atom. The third-order valence-corrected chi connectivity index (χ3v) is 3.12. The van der Waals surface area contributed by atoms with Crippen LogP contribution in [-0.2, 0) is 16.7 Å². The molecule has 2 aromatic heterocycles. The smallest absolute Gasteiger partial charge is 0.271 e. The van der Waals surface area contributed by atoms with E-state index in [0.29, 0.717) is 5.69 Å². The maximum atomic E-state index is 10.6. The third kappa shape index (κ3) is 4.04. The predicted octanol–water partition coefficient (Wildman–Crippen LogP) is 0.0223. The fourth-order valence-corrected chi connectivity index (χ4v) is 1.84. The largest absolute Gasteiger partial charge is 0.285 e. The molecular formula is C11H13N4O3S+. The minimum absolute atomic E-state index is 0.0959. The lowest BCUT2D eigenvalue weighted by atomic mass is 10.2. The number of rotatable bonds is 4. The Kier molecular flexibility index (Phi) is 3.82. The molecule has 100 valence electrons. The van der Waals surface area contributed by atoms with Crippen LogP contribution >= 0.6 is 0 Å². The van der Waals surface area contributed by atoms with Crippen LogP contribution < -0.4 is 4.68 Å². The molecule has 7 nitrogen and oxygen atoms in total. The van der Waals surface area contributed by atoms with Crippen LogP contribution in [0.2, 0.25) is 0 Å². The minimum Gasteiger partial charge on any atom is -0.285 e. The molecule has 0 aliphatic rings. The van der Waals surface area contributed by atoms with Crippen molar-refractivity contribution < 1.29 is 17.7 Å². The molecule has 0 amide bonds. The second-order valence-corrected chi connectivity index (χ2v) is 5.58. The molecular weight excluding hydrogens is 268 g/mol. The second-order valence-electron chi connectivity index (χ2n) is 4.01. The third-order valence-electron chi connectivity index (χ3n) is 2.43. The van der Waals surface area contributed by atoms with Crippen molar-refractivity contribution >= 4 is 10.1 Å². The summed E-state index contributed by atoms with van der Waals surface area (Å²) in [7, 11) is -3.97. The van der Waals surface area contributed by atoms with Crippen molar-refractivity contribution in [1.29, 1.82) is 0 Å². The molecule has 0 unspecified atom stereocenters. The van der Waals surface area contributed by atoms with E-state index in [4.69, 9.17) is 4.55 Å². The molecule has 1 N–H and O–H groups in total. The Hall–Kier alpha value is -1.93. The summed E-state index contributed by atoms with van der Waals surface area (Å²) in [6, 6.07) is 1.76. The predicted molar refractivity (Wildman–Crippen MR) is 66.6 cm³/mol. The van der Waals surface area contributed by atoms with Gasteiger partial charge in [-0.1, -0.05) is 4.68 Å². The molecule has 0 saturated carbocycles. The lowest BCUT2D eigenvalue weighted by Gasteiger charge is -1.99. The molecule has 0 aliphatic carbocycles. The van der Waals surface area contributed by atoms with Gasteiger partial charge in [0.15, 0.2) is 12.7 Å². The van der Waals surface area contributed by atoms with Gasteiger partial charge in [0.1, 0.15) is 11.9 Å². The summed E-state index contributed by atoms with van der Waals surface area (Å²) < 4.78 is 31.3. The molecule has 8 heteroatoms. The first-order valence-corrected chi connectivity index (χ1v) is 7.15. The normalized spacial score (nSPS) is 11.5. The Bertz CT molecular complexity index is 653. The molecule has 19 heavy (non-hydrogen) atoms. The highest BCUT2D eigenvalue weighted by molar-refractivity contribution is 7.85. The average molecular weight is 281 g/mol. The van der Waals surface area contributed by atoms with Gasteiger partial charge in [-0.05, 0) is 12.0 Å². The van der Waals surface area contributed by atoms with Gasteiger partial charge in [-0.2, -0.15) is 8.42 Å². The van der Waals surface area contributed by atoms with Crippen molar-refractivity contribution in [2.24, 2.45) is 0 Å². The molecule has 2 rings (SSSR count). The number of aromatic nitrogens is 4. The maximum absolute atomic E-state index is 10.6. The summed E-state index contributed by atoms with van der Waals surface area (Å²) in [5.74, 6) is -0.367. The van der Waals surface area contributed by atoms with E-state index in [2.05, 4.69) is 15.1 Å². The van der Waals surface area contributed by atoms with Gasteiger partial charge in [0, 0.05) is 17.8 Å². The van der Waals surface area contributed by atoms with Gasteiger partial charge in [-0.15, -0.1) is 0 Å². The second kappa shape index (κ2) is 5.37. The molecule has 0 spiro atoms. The van der Waals surface area contributed by atoms with Crippen LogP contribution in [0.3, 0.4) is 0 Å². The van der Waals surface area contributed by atoms with Crippen molar-refractivity contribution in [2.45, 2.75) is 13.5 Å². The lowest BCUT2D eigenvalue weighted by Crippen LogP contribution is -2.40. The summed E-state index contributed by atoms with van der Waals surface area (Å²) in [6.07, 6.45) is 6.51. The van der Waals surface area contributed by atoms with E-state index in [1.807, 2.05) is 6.92 Å². The molecule has 0 fully saturated rings.